The van der Waals surface area contributed by atoms with Gasteiger partial charge in [0.15, 0.2) is 0 Å². The number of hydrogen-bond acceptors (Lipinski definition) is 1. The van der Waals surface area contributed by atoms with Gasteiger partial charge < -0.3 is 5.32 Å². The molecule has 184 valence electrons. The molecule has 6 aromatic carbocycles. The van der Waals surface area contributed by atoms with E-state index in [-0.39, 0.29) is 76.5 Å². The fourth-order valence-electron chi connectivity index (χ4n) is 6.11. The molecule has 0 fully saturated rings. The van der Waals surface area contributed by atoms with Gasteiger partial charge in [0.1, 0.15) is 110 Å². The normalized spacial score (nSPS) is 11.3. The highest BCUT2D eigenvalue weighted by molar-refractivity contribution is 6.73. The third-order valence-corrected chi connectivity index (χ3v) is 8.65. The Morgan fingerprint density at radius 2 is 0.574 bits per heavy atom. The van der Waals surface area contributed by atoms with Gasteiger partial charge in [-0.05, 0) is 68.1 Å². The minimum Gasteiger partial charge on any atom is -0.355 e. The molecule has 0 aromatic heterocycles. The first-order valence-electron chi connectivity index (χ1n) is 14.2. The topological polar surface area (TPSA) is 12.0 Å². The van der Waals surface area contributed by atoms with Crippen molar-refractivity contribution in [2.45, 2.75) is 0 Å². The fraction of sp³-hybridized carbons (Fsp3) is 0. The molecule has 0 saturated heterocycles. The molecule has 0 unspecified atom stereocenters. The van der Waals surface area contributed by atoms with Crippen LogP contribution in [-0.2, 0) is 0 Å². The minimum atomic E-state index is 0.110. The summed E-state index contributed by atoms with van der Waals surface area (Å²) >= 11 is 0. The maximum atomic E-state index is 6.54. The summed E-state index contributed by atoms with van der Waals surface area (Å²) in [5.41, 5.74) is 5.86. The van der Waals surface area contributed by atoms with E-state index in [0.29, 0.717) is 55.2 Å². The van der Waals surface area contributed by atoms with Crippen LogP contribution in [0.15, 0.2) is 48.5 Å². The SMILES string of the molecule is [B]c1c([B])c([B])c2c(-c3cccc(Nc4cccc(-c5c([B])c([B])c([B])c6c([B])c([B])c([B])c([B])c56)c4)c3)c([B])c([B])c([B])c2c1[B]. The highest BCUT2D eigenvalue weighted by Gasteiger charge is 2.20. The monoisotopic (exact) mass is 561 g/mol. The second kappa shape index (κ2) is 12.2. The van der Waals surface area contributed by atoms with Crippen LogP contribution in [0.3, 0.4) is 0 Å². The summed E-state index contributed by atoms with van der Waals surface area (Å²) in [7, 11) is 88.8. The van der Waals surface area contributed by atoms with Crippen molar-refractivity contribution in [3.05, 3.63) is 48.5 Å². The van der Waals surface area contributed by atoms with Gasteiger partial charge in [-0.25, -0.2) is 0 Å². The molecule has 0 bridgehead atoms. The zero-order valence-corrected chi connectivity index (χ0v) is 25.2. The van der Waals surface area contributed by atoms with Crippen LogP contribution in [0, 0.1) is 0 Å². The smallest absolute Gasteiger partial charge is 0.113 e. The Bertz CT molecular complexity index is 2160. The lowest BCUT2D eigenvalue weighted by atomic mass is 9.59. The zero-order chi connectivity index (χ0) is 34.2. The quantitative estimate of drug-likeness (QED) is 0.212. The molecule has 1 nitrogen and oxygen atoms in total. The minimum absolute atomic E-state index is 0.110. The maximum Gasteiger partial charge on any atom is 0.113 e. The van der Waals surface area contributed by atoms with Crippen LogP contribution in [-0.4, -0.2) is 110 Å². The largest absolute Gasteiger partial charge is 0.355 e. The molecule has 15 heteroatoms. The Kier molecular flexibility index (Phi) is 8.69. The van der Waals surface area contributed by atoms with Gasteiger partial charge in [0, 0.05) is 11.4 Å². The van der Waals surface area contributed by atoms with E-state index in [4.69, 9.17) is 110 Å². The van der Waals surface area contributed by atoms with E-state index >= 15 is 0 Å². The van der Waals surface area contributed by atoms with Crippen molar-refractivity contribution in [1.82, 2.24) is 0 Å². The number of nitrogens with one attached hydrogen (secondary N) is 1. The molecule has 0 heterocycles. The Hall–Kier alpha value is -3.45. The molecule has 0 aliphatic rings. The van der Waals surface area contributed by atoms with Crippen molar-refractivity contribution in [1.29, 1.82) is 0 Å². The average molecular weight is 559 g/mol. The molecule has 0 amide bonds. The number of benzene rings is 6. The van der Waals surface area contributed by atoms with Crippen molar-refractivity contribution >= 4 is 219 Å². The maximum absolute atomic E-state index is 6.54. The first-order valence-corrected chi connectivity index (χ1v) is 14.2. The molecule has 0 aliphatic heterocycles. The van der Waals surface area contributed by atoms with Crippen molar-refractivity contribution < 1.29 is 0 Å². The van der Waals surface area contributed by atoms with Gasteiger partial charge in [0.05, 0.1) is 0 Å². The van der Waals surface area contributed by atoms with Crippen LogP contribution in [0.4, 0.5) is 11.4 Å². The Morgan fingerprint density at radius 1 is 0.298 bits per heavy atom. The van der Waals surface area contributed by atoms with Crippen LogP contribution >= 0.6 is 0 Å². The summed E-state index contributed by atoms with van der Waals surface area (Å²) in [5.74, 6) is 0. The van der Waals surface area contributed by atoms with Crippen LogP contribution in [0.25, 0.3) is 43.8 Å². The second-order valence-electron chi connectivity index (χ2n) is 11.3. The highest BCUT2D eigenvalue weighted by Crippen LogP contribution is 2.30. The fourth-order valence-corrected chi connectivity index (χ4v) is 6.11. The molecule has 47 heavy (non-hydrogen) atoms. The van der Waals surface area contributed by atoms with Crippen molar-refractivity contribution in [3.63, 3.8) is 0 Å². The van der Waals surface area contributed by atoms with E-state index in [1.807, 2.05) is 48.5 Å². The van der Waals surface area contributed by atoms with Gasteiger partial charge in [0.25, 0.3) is 0 Å². The second-order valence-corrected chi connectivity index (χ2v) is 11.3. The Morgan fingerprint density at radius 3 is 0.894 bits per heavy atom. The molecule has 28 radical (unpaired) electrons. The van der Waals surface area contributed by atoms with Crippen molar-refractivity contribution in [3.8, 4) is 22.3 Å². The molecule has 6 rings (SSSR count). The van der Waals surface area contributed by atoms with Crippen LogP contribution < -0.4 is 81.8 Å². The van der Waals surface area contributed by atoms with E-state index in [9.17, 15) is 0 Å². The molecule has 0 aliphatic carbocycles. The molecule has 6 aromatic rings. The van der Waals surface area contributed by atoms with E-state index in [0.717, 1.165) is 0 Å². The molecule has 0 spiro atoms. The molecule has 1 N–H and O–H groups in total. The van der Waals surface area contributed by atoms with E-state index in [2.05, 4.69) is 5.32 Å². The first kappa shape index (κ1) is 33.5. The summed E-state index contributed by atoms with van der Waals surface area (Å²) < 4.78 is 0. The van der Waals surface area contributed by atoms with E-state index in [1.54, 1.807) is 0 Å². The lowest BCUT2D eigenvalue weighted by Crippen LogP contribution is -2.52. The predicted molar refractivity (Wildman–Crippen MR) is 217 cm³/mol. The summed E-state index contributed by atoms with van der Waals surface area (Å²) in [6.07, 6.45) is 0. The third kappa shape index (κ3) is 5.15. The lowest BCUT2D eigenvalue weighted by molar-refractivity contribution is 1.55. The number of hydrogen-bond donors (Lipinski definition) is 1. The van der Waals surface area contributed by atoms with Gasteiger partial charge in [0.2, 0.25) is 0 Å². The molecular formula is C32H9B14N. The van der Waals surface area contributed by atoms with Gasteiger partial charge >= 0.3 is 0 Å². The van der Waals surface area contributed by atoms with Crippen LogP contribution in [0.2, 0.25) is 0 Å². The predicted octanol–water partition coefficient (Wildman–Crippen LogP) is -7.82. The third-order valence-electron chi connectivity index (χ3n) is 8.65. The zero-order valence-electron chi connectivity index (χ0n) is 25.2. The standard InChI is InChI=1S/C32H9B14N/c33-19-13(15-17(23(37)27(19)41)25(39)31(45)29(43)21(15)35)9-3-1-5-11(7-9)47-12-6-2-4-10(8-12)14-16-18(24(38)28(42)20(14)34)26(40)32(46)30(44)22(16)36/h1-8,47H. The number of rotatable bonds is 4. The van der Waals surface area contributed by atoms with Gasteiger partial charge in [-0.3, -0.25) is 0 Å². The van der Waals surface area contributed by atoms with Crippen LogP contribution in [0.1, 0.15) is 0 Å². The first-order chi connectivity index (χ1) is 22.2. The van der Waals surface area contributed by atoms with Gasteiger partial charge in [-0.1, -0.05) is 68.0 Å². The van der Waals surface area contributed by atoms with Crippen molar-refractivity contribution in [2.75, 3.05) is 5.32 Å². The summed E-state index contributed by atoms with van der Waals surface area (Å²) in [5, 5.41) is 5.04. The van der Waals surface area contributed by atoms with Crippen LogP contribution in [0.5, 0.6) is 0 Å². The average Bonchev–Trinajstić information content (AvgIpc) is 3.05. The molecular weight excluding hydrogens is 550 g/mol. The van der Waals surface area contributed by atoms with E-state index < -0.39 is 0 Å². The highest BCUT2D eigenvalue weighted by atomic mass is 14.9. The molecule has 0 atom stereocenters. The van der Waals surface area contributed by atoms with Gasteiger partial charge in [-0.2, -0.15) is 0 Å². The van der Waals surface area contributed by atoms with E-state index in [1.165, 1.54) is 0 Å². The Labute approximate surface area is 294 Å². The summed E-state index contributed by atoms with van der Waals surface area (Å²) in [4.78, 5) is 0. The lowest BCUT2D eigenvalue weighted by Gasteiger charge is -2.26. The van der Waals surface area contributed by atoms with Gasteiger partial charge in [-0.15, -0.1) is 32.8 Å². The van der Waals surface area contributed by atoms with Crippen molar-refractivity contribution in [2.24, 2.45) is 0 Å². The number of fused-ring (bicyclic) bond motifs is 2. The summed E-state index contributed by atoms with van der Waals surface area (Å²) in [6, 6.07) is 14.8. The number of anilines is 2. The summed E-state index contributed by atoms with van der Waals surface area (Å²) in [6.45, 7) is 0. The Balaban J connectivity index is 1.51. The molecule has 0 saturated carbocycles.